The van der Waals surface area contributed by atoms with E-state index in [9.17, 15) is 13.2 Å². The number of pyridine rings is 1. The van der Waals surface area contributed by atoms with Crippen molar-refractivity contribution in [2.45, 2.75) is 37.8 Å². The van der Waals surface area contributed by atoms with Crippen LogP contribution in [0, 0.1) is 6.92 Å². The van der Waals surface area contributed by atoms with Crippen molar-refractivity contribution in [2.24, 2.45) is 0 Å². The van der Waals surface area contributed by atoms with Crippen molar-refractivity contribution >= 4 is 50.0 Å². The van der Waals surface area contributed by atoms with Crippen LogP contribution in [0.3, 0.4) is 0 Å². The summed E-state index contributed by atoms with van der Waals surface area (Å²) < 4.78 is 36.2. The highest BCUT2D eigenvalue weighted by atomic mass is 35.5. The van der Waals surface area contributed by atoms with E-state index in [2.05, 4.69) is 15.3 Å². The SMILES string of the molecule is CC(=O)N[C@H]1CCN(S(=O)(=O)c2ccc(Cl)c(COc3cccc4c(-n5ccnc5)cc(C)nc34)c2Cl)C1. The first-order valence-corrected chi connectivity index (χ1v) is 14.1. The third kappa shape index (κ3) is 5.09. The second kappa shape index (κ2) is 10.5. The molecule has 1 fully saturated rings. The number of halogens is 2. The van der Waals surface area contributed by atoms with Gasteiger partial charge < -0.3 is 14.6 Å². The Balaban J connectivity index is 1.44. The molecule has 3 heterocycles. The number of hydrogen-bond acceptors (Lipinski definition) is 6. The van der Waals surface area contributed by atoms with E-state index in [0.717, 1.165) is 16.8 Å². The number of carbonyl (C=O) groups is 1. The number of para-hydroxylation sites is 1. The number of rotatable bonds is 7. The number of imidazole rings is 1. The average molecular weight is 574 g/mol. The van der Waals surface area contributed by atoms with Crippen LogP contribution in [0.2, 0.25) is 10.0 Å². The fraction of sp³-hybridized carbons (Fsp3) is 0.269. The molecule has 1 amide bonds. The molecule has 0 saturated carbocycles. The number of ether oxygens (including phenoxy) is 1. The van der Waals surface area contributed by atoms with Crippen molar-refractivity contribution in [1.82, 2.24) is 24.2 Å². The van der Waals surface area contributed by atoms with Gasteiger partial charge in [0.15, 0.2) is 0 Å². The lowest BCUT2D eigenvalue weighted by Gasteiger charge is -2.19. The van der Waals surface area contributed by atoms with Gasteiger partial charge in [-0.15, -0.1) is 0 Å². The van der Waals surface area contributed by atoms with Crippen LogP contribution in [0.25, 0.3) is 16.6 Å². The number of aromatic nitrogens is 3. The van der Waals surface area contributed by atoms with Crippen LogP contribution >= 0.6 is 23.2 Å². The third-order valence-corrected chi connectivity index (χ3v) is 9.20. The fourth-order valence-corrected chi connectivity index (χ4v) is 6.97. The standard InChI is InChI=1S/C26H25Cl2N5O4S/c1-16-12-22(32-11-9-29-15-32)19-4-3-5-23(26(19)30-16)37-14-20-21(27)6-7-24(25(20)28)38(35,36)33-10-8-18(13-33)31-17(2)34/h3-7,9,11-12,15,18H,8,10,13-14H2,1-2H3,(H,31,34)/t18-/m0/s1. The van der Waals surface area contributed by atoms with Gasteiger partial charge in [0, 0.05) is 60.1 Å². The zero-order valence-corrected chi connectivity index (χ0v) is 23.0. The Morgan fingerprint density at radius 2 is 2.05 bits per heavy atom. The predicted molar refractivity (Wildman–Crippen MR) is 145 cm³/mol. The molecule has 0 spiro atoms. The van der Waals surface area contributed by atoms with Gasteiger partial charge in [0.05, 0.1) is 17.0 Å². The summed E-state index contributed by atoms with van der Waals surface area (Å²) in [6.07, 6.45) is 5.79. The van der Waals surface area contributed by atoms with Crippen molar-refractivity contribution in [3.05, 3.63) is 76.4 Å². The number of sulfonamides is 1. The van der Waals surface area contributed by atoms with Gasteiger partial charge in [-0.05, 0) is 37.6 Å². The number of nitrogens with zero attached hydrogens (tertiary/aromatic N) is 4. The predicted octanol–water partition coefficient (Wildman–Crippen LogP) is 4.51. The smallest absolute Gasteiger partial charge is 0.244 e. The molecule has 1 aliphatic rings. The van der Waals surface area contributed by atoms with Gasteiger partial charge in [0.25, 0.3) is 0 Å². The largest absolute Gasteiger partial charge is 0.487 e. The molecule has 1 atom stereocenters. The Labute approximate surface area is 230 Å². The van der Waals surface area contributed by atoms with Crippen molar-refractivity contribution in [3.8, 4) is 11.4 Å². The highest BCUT2D eigenvalue weighted by Crippen LogP contribution is 2.36. The van der Waals surface area contributed by atoms with E-state index in [1.807, 2.05) is 35.9 Å². The van der Waals surface area contributed by atoms with Crippen LogP contribution in [-0.2, 0) is 21.4 Å². The number of carbonyl (C=O) groups excluding carboxylic acids is 1. The van der Waals surface area contributed by atoms with Gasteiger partial charge in [-0.1, -0.05) is 35.3 Å². The number of fused-ring (bicyclic) bond motifs is 1. The second-order valence-corrected chi connectivity index (χ2v) is 11.8. The quantitative estimate of drug-likeness (QED) is 0.348. The lowest BCUT2D eigenvalue weighted by Crippen LogP contribution is -2.37. The Morgan fingerprint density at radius 3 is 2.79 bits per heavy atom. The summed E-state index contributed by atoms with van der Waals surface area (Å²) in [4.78, 5) is 20.2. The van der Waals surface area contributed by atoms with Crippen LogP contribution in [-0.4, -0.2) is 52.3 Å². The van der Waals surface area contributed by atoms with Gasteiger partial charge in [-0.25, -0.2) is 18.4 Å². The van der Waals surface area contributed by atoms with E-state index < -0.39 is 10.0 Å². The van der Waals surface area contributed by atoms with Gasteiger partial charge in [-0.2, -0.15) is 4.31 Å². The van der Waals surface area contributed by atoms with Crippen LogP contribution in [0.1, 0.15) is 24.6 Å². The van der Waals surface area contributed by atoms with E-state index in [-0.39, 0.29) is 46.6 Å². The first-order chi connectivity index (χ1) is 18.1. The minimum Gasteiger partial charge on any atom is -0.487 e. The molecule has 0 aliphatic carbocycles. The van der Waals surface area contributed by atoms with E-state index in [0.29, 0.717) is 23.3 Å². The zero-order valence-electron chi connectivity index (χ0n) is 20.7. The molecule has 0 radical (unpaired) electrons. The molecule has 2 aromatic carbocycles. The number of benzene rings is 2. The summed E-state index contributed by atoms with van der Waals surface area (Å²) in [7, 11) is -3.92. The maximum atomic E-state index is 13.4. The average Bonchev–Trinajstić information content (AvgIpc) is 3.56. The molecule has 1 aliphatic heterocycles. The number of hydrogen-bond donors (Lipinski definition) is 1. The second-order valence-electron chi connectivity index (χ2n) is 9.08. The van der Waals surface area contributed by atoms with Crippen LogP contribution in [0.4, 0.5) is 0 Å². The molecule has 1 saturated heterocycles. The molecule has 198 valence electrons. The molecule has 1 N–H and O–H groups in total. The van der Waals surface area contributed by atoms with Crippen LogP contribution in [0.15, 0.2) is 60.0 Å². The molecule has 4 aromatic rings. The Hall–Kier alpha value is -3.18. The first-order valence-electron chi connectivity index (χ1n) is 11.9. The molecule has 12 heteroatoms. The van der Waals surface area contributed by atoms with E-state index in [1.54, 1.807) is 18.6 Å². The third-order valence-electron chi connectivity index (χ3n) is 6.39. The maximum absolute atomic E-state index is 13.4. The van der Waals surface area contributed by atoms with Crippen LogP contribution < -0.4 is 10.1 Å². The van der Waals surface area contributed by atoms with Gasteiger partial charge >= 0.3 is 0 Å². The first kappa shape index (κ1) is 26.4. The number of aryl methyl sites for hydroxylation is 1. The molecule has 38 heavy (non-hydrogen) atoms. The van der Waals surface area contributed by atoms with Gasteiger partial charge in [0.1, 0.15) is 22.8 Å². The lowest BCUT2D eigenvalue weighted by atomic mass is 10.1. The lowest BCUT2D eigenvalue weighted by molar-refractivity contribution is -0.119. The van der Waals surface area contributed by atoms with Crippen LogP contribution in [0.5, 0.6) is 5.75 Å². The summed E-state index contributed by atoms with van der Waals surface area (Å²) >= 11 is 13.1. The van der Waals surface area contributed by atoms with Crippen molar-refractivity contribution in [3.63, 3.8) is 0 Å². The van der Waals surface area contributed by atoms with Crippen molar-refractivity contribution < 1.29 is 17.9 Å². The van der Waals surface area contributed by atoms with E-state index in [1.165, 1.54) is 23.4 Å². The summed E-state index contributed by atoms with van der Waals surface area (Å²) in [5.41, 5.74) is 2.70. The molecule has 0 bridgehead atoms. The highest BCUT2D eigenvalue weighted by molar-refractivity contribution is 7.89. The minimum atomic E-state index is -3.92. The van der Waals surface area contributed by atoms with E-state index in [4.69, 9.17) is 27.9 Å². The summed E-state index contributed by atoms with van der Waals surface area (Å²) in [6.45, 7) is 3.69. The normalized spacial score (nSPS) is 16.2. The minimum absolute atomic E-state index is 0.00366. The highest BCUT2D eigenvalue weighted by Gasteiger charge is 2.35. The summed E-state index contributed by atoms with van der Waals surface area (Å²) in [5, 5.41) is 3.92. The summed E-state index contributed by atoms with van der Waals surface area (Å²) in [6, 6.07) is 10.2. The molecule has 5 rings (SSSR count). The fourth-order valence-electron chi connectivity index (χ4n) is 4.61. The van der Waals surface area contributed by atoms with Crippen molar-refractivity contribution in [2.75, 3.05) is 13.1 Å². The Bertz CT molecular complexity index is 1630. The Morgan fingerprint density at radius 1 is 1.24 bits per heavy atom. The maximum Gasteiger partial charge on any atom is 0.244 e. The summed E-state index contributed by atoms with van der Waals surface area (Å²) in [5.74, 6) is 0.305. The molecular weight excluding hydrogens is 549 g/mol. The van der Waals surface area contributed by atoms with Gasteiger partial charge in [0.2, 0.25) is 15.9 Å². The zero-order chi connectivity index (χ0) is 27.0. The number of amides is 1. The molecular formula is C26H25Cl2N5O4S. The van der Waals surface area contributed by atoms with Gasteiger partial charge in [-0.3, -0.25) is 4.79 Å². The monoisotopic (exact) mass is 573 g/mol. The molecule has 0 unspecified atom stereocenters. The van der Waals surface area contributed by atoms with E-state index >= 15 is 0 Å². The van der Waals surface area contributed by atoms with Crippen molar-refractivity contribution in [1.29, 1.82) is 0 Å². The number of nitrogens with one attached hydrogen (secondary N) is 1. The molecule has 9 nitrogen and oxygen atoms in total. The molecule has 2 aromatic heterocycles. The Kier molecular flexibility index (Phi) is 7.32. The topological polar surface area (TPSA) is 106 Å².